The van der Waals surface area contributed by atoms with E-state index < -0.39 is 11.7 Å². The summed E-state index contributed by atoms with van der Waals surface area (Å²) >= 11 is 10.5. The molecule has 0 aliphatic heterocycles. The summed E-state index contributed by atoms with van der Waals surface area (Å²) < 4.78 is 27.5. The van der Waals surface area contributed by atoms with Crippen molar-refractivity contribution in [1.82, 2.24) is 9.66 Å². The zero-order valence-corrected chi connectivity index (χ0v) is 26.4. The summed E-state index contributed by atoms with van der Waals surface area (Å²) in [5.74, 6) is 0.320. The average molecular weight is 739 g/mol. The van der Waals surface area contributed by atoms with Crippen LogP contribution >= 0.6 is 47.8 Å². The van der Waals surface area contributed by atoms with E-state index in [4.69, 9.17) is 14.5 Å². The van der Waals surface area contributed by atoms with E-state index in [1.165, 1.54) is 42.3 Å². The number of nitrogens with one attached hydrogen (secondary N) is 1. The molecule has 0 aliphatic rings. The van der Waals surface area contributed by atoms with Gasteiger partial charge in [-0.15, -0.1) is 0 Å². The van der Waals surface area contributed by atoms with Gasteiger partial charge in [-0.25, -0.2) is 9.37 Å². The molecule has 0 saturated carbocycles. The van der Waals surface area contributed by atoms with Crippen LogP contribution in [-0.4, -0.2) is 35.5 Å². The molecule has 12 heteroatoms. The fraction of sp³-hybridized carbons (Fsp3) is 0.214. The van der Waals surface area contributed by atoms with E-state index in [1.54, 1.807) is 18.2 Å². The molecule has 0 saturated heterocycles. The molecule has 1 heterocycles. The van der Waals surface area contributed by atoms with Gasteiger partial charge in [0.15, 0.2) is 18.1 Å². The summed E-state index contributed by atoms with van der Waals surface area (Å²) in [6, 6.07) is 12.5. The first-order chi connectivity index (χ1) is 19.1. The standard InChI is InChI=1S/C28H24Br3FN4O4/c1-4-15(2)27-35-21-10-5-17(29)12-20(21)28(38)36(27)33-13-16-11-22(39-3)26(25(31)24(16)30)40-14-23(37)34-19-8-6-18(32)7-9-19/h5-13,15H,4,14H2,1-3H3,(H,34,37)/t15-/m0/s1. The number of carbonyl (C=O) groups is 1. The van der Waals surface area contributed by atoms with Gasteiger partial charge in [-0.1, -0.05) is 29.8 Å². The Kier molecular flexibility index (Phi) is 9.75. The van der Waals surface area contributed by atoms with E-state index in [9.17, 15) is 14.0 Å². The summed E-state index contributed by atoms with van der Waals surface area (Å²) in [5.41, 5.74) is 1.34. The van der Waals surface area contributed by atoms with Gasteiger partial charge in [0, 0.05) is 26.1 Å². The Bertz CT molecular complexity index is 1660. The van der Waals surface area contributed by atoms with Gasteiger partial charge < -0.3 is 14.8 Å². The second kappa shape index (κ2) is 13.0. The minimum Gasteiger partial charge on any atom is -0.493 e. The maximum atomic E-state index is 13.4. The van der Waals surface area contributed by atoms with Crippen LogP contribution in [0.4, 0.5) is 10.1 Å². The van der Waals surface area contributed by atoms with Crippen molar-refractivity contribution >= 4 is 76.5 Å². The lowest BCUT2D eigenvalue weighted by molar-refractivity contribution is -0.118. The predicted octanol–water partition coefficient (Wildman–Crippen LogP) is 7.24. The highest BCUT2D eigenvalue weighted by molar-refractivity contribution is 9.13. The molecule has 1 aromatic heterocycles. The number of hydrogen-bond donors (Lipinski definition) is 1. The Morgan fingerprint density at radius 3 is 2.55 bits per heavy atom. The van der Waals surface area contributed by atoms with Crippen LogP contribution in [0.5, 0.6) is 11.5 Å². The molecule has 4 rings (SSSR count). The summed E-state index contributed by atoms with van der Waals surface area (Å²) in [7, 11) is 1.47. The number of halogens is 4. The van der Waals surface area contributed by atoms with Crippen molar-refractivity contribution in [3.63, 3.8) is 0 Å². The highest BCUT2D eigenvalue weighted by Gasteiger charge is 2.19. The summed E-state index contributed by atoms with van der Waals surface area (Å²) in [6.07, 6.45) is 2.30. The number of anilines is 1. The highest BCUT2D eigenvalue weighted by Crippen LogP contribution is 2.42. The van der Waals surface area contributed by atoms with Crippen LogP contribution in [0.25, 0.3) is 10.9 Å². The van der Waals surface area contributed by atoms with Crippen molar-refractivity contribution in [3.05, 3.63) is 89.5 Å². The van der Waals surface area contributed by atoms with E-state index >= 15 is 0 Å². The molecule has 1 atom stereocenters. The number of ether oxygens (including phenoxy) is 2. The molecule has 0 spiro atoms. The SMILES string of the molecule is CC[C@H](C)c1nc2ccc(Br)cc2c(=O)n1N=Cc1cc(OC)c(OCC(=O)Nc2ccc(F)cc2)c(Br)c1Br. The van der Waals surface area contributed by atoms with Gasteiger partial charge in [0.2, 0.25) is 0 Å². The quantitative estimate of drug-likeness (QED) is 0.183. The number of aromatic nitrogens is 2. The van der Waals surface area contributed by atoms with Crippen LogP contribution in [0.2, 0.25) is 0 Å². The molecular weight excluding hydrogens is 715 g/mol. The van der Waals surface area contributed by atoms with Gasteiger partial charge >= 0.3 is 0 Å². The fourth-order valence-corrected chi connectivity index (χ4v) is 5.05. The number of fused-ring (bicyclic) bond motifs is 1. The van der Waals surface area contributed by atoms with Crippen molar-refractivity contribution in [1.29, 1.82) is 0 Å². The zero-order valence-electron chi connectivity index (χ0n) is 21.7. The van der Waals surface area contributed by atoms with Crippen LogP contribution in [0, 0.1) is 5.82 Å². The number of amides is 1. The number of benzene rings is 3. The monoisotopic (exact) mass is 736 g/mol. The molecule has 4 aromatic rings. The normalized spacial score (nSPS) is 12.1. The first-order valence-electron chi connectivity index (χ1n) is 12.1. The molecule has 3 aromatic carbocycles. The number of hydrogen-bond acceptors (Lipinski definition) is 6. The van der Waals surface area contributed by atoms with Crippen molar-refractivity contribution in [2.75, 3.05) is 19.0 Å². The summed E-state index contributed by atoms with van der Waals surface area (Å²) in [4.78, 5) is 30.6. The topological polar surface area (TPSA) is 94.8 Å². The summed E-state index contributed by atoms with van der Waals surface area (Å²) in [5, 5.41) is 7.61. The van der Waals surface area contributed by atoms with E-state index in [0.29, 0.717) is 42.7 Å². The van der Waals surface area contributed by atoms with E-state index in [1.807, 2.05) is 19.9 Å². The van der Waals surface area contributed by atoms with Crippen molar-refractivity contribution in [3.8, 4) is 11.5 Å². The molecule has 0 fully saturated rings. The number of carbonyl (C=O) groups excluding carboxylic acids is 1. The third-order valence-corrected chi connectivity index (χ3v) is 8.69. The largest absolute Gasteiger partial charge is 0.493 e. The zero-order chi connectivity index (χ0) is 29.0. The summed E-state index contributed by atoms with van der Waals surface area (Å²) in [6.45, 7) is 3.69. The number of methoxy groups -OCH3 is 1. The van der Waals surface area contributed by atoms with E-state index in [0.717, 1.165) is 10.9 Å². The molecule has 0 aliphatic carbocycles. The molecule has 8 nitrogen and oxygen atoms in total. The molecule has 0 bridgehead atoms. The number of nitrogens with zero attached hydrogens (tertiary/aromatic N) is 3. The lowest BCUT2D eigenvalue weighted by atomic mass is 10.1. The van der Waals surface area contributed by atoms with Gasteiger partial charge in [-0.2, -0.15) is 9.78 Å². The Morgan fingerprint density at radius 2 is 1.88 bits per heavy atom. The third kappa shape index (κ3) is 6.61. The molecule has 208 valence electrons. The Labute approximate surface area is 255 Å². The lowest BCUT2D eigenvalue weighted by Crippen LogP contribution is -2.23. The Morgan fingerprint density at radius 1 is 1.15 bits per heavy atom. The van der Waals surface area contributed by atoms with Crippen LogP contribution in [0.15, 0.2) is 71.8 Å². The first-order valence-corrected chi connectivity index (χ1v) is 14.5. The first kappa shape index (κ1) is 29.9. The van der Waals surface area contributed by atoms with Gasteiger partial charge in [-0.3, -0.25) is 9.59 Å². The van der Waals surface area contributed by atoms with Gasteiger partial charge in [0.25, 0.3) is 11.5 Å². The Hall–Kier alpha value is -3.09. The molecular formula is C28H24Br3FN4O4. The lowest BCUT2D eigenvalue weighted by Gasteiger charge is -2.16. The molecule has 0 unspecified atom stereocenters. The van der Waals surface area contributed by atoms with Crippen molar-refractivity contribution in [2.45, 2.75) is 26.2 Å². The van der Waals surface area contributed by atoms with E-state index in [2.05, 4.69) is 58.2 Å². The fourth-order valence-electron chi connectivity index (χ4n) is 3.75. The van der Waals surface area contributed by atoms with E-state index in [-0.39, 0.29) is 23.8 Å². The molecule has 0 radical (unpaired) electrons. The Balaban J connectivity index is 1.65. The van der Waals surface area contributed by atoms with Crippen LogP contribution in [0.1, 0.15) is 37.6 Å². The minimum absolute atomic E-state index is 0.0144. The maximum absolute atomic E-state index is 13.4. The second-order valence-corrected chi connectivity index (χ2v) is 11.3. The molecule has 1 amide bonds. The average Bonchev–Trinajstić information content (AvgIpc) is 2.94. The molecule has 40 heavy (non-hydrogen) atoms. The smallest absolute Gasteiger partial charge is 0.282 e. The van der Waals surface area contributed by atoms with Crippen LogP contribution in [-0.2, 0) is 4.79 Å². The van der Waals surface area contributed by atoms with Crippen molar-refractivity contribution in [2.24, 2.45) is 5.10 Å². The van der Waals surface area contributed by atoms with Gasteiger partial charge in [0.1, 0.15) is 11.6 Å². The van der Waals surface area contributed by atoms with Crippen LogP contribution in [0.3, 0.4) is 0 Å². The molecule has 1 N–H and O–H groups in total. The van der Waals surface area contributed by atoms with Crippen LogP contribution < -0.4 is 20.3 Å². The second-order valence-electron chi connectivity index (χ2n) is 8.77. The van der Waals surface area contributed by atoms with Gasteiger partial charge in [0.05, 0.1) is 28.7 Å². The predicted molar refractivity (Wildman–Crippen MR) is 164 cm³/mol. The minimum atomic E-state index is -0.435. The maximum Gasteiger partial charge on any atom is 0.282 e. The highest BCUT2D eigenvalue weighted by atomic mass is 79.9. The van der Waals surface area contributed by atoms with Crippen molar-refractivity contribution < 1.29 is 18.7 Å². The van der Waals surface area contributed by atoms with Gasteiger partial charge in [-0.05, 0) is 86.8 Å². The third-order valence-electron chi connectivity index (χ3n) is 6.05. The number of rotatable bonds is 9.